The molecule has 13 heteroatoms. The number of hydrogen-bond donors (Lipinski definition) is 4. The first-order chi connectivity index (χ1) is 9.80. The van der Waals surface area contributed by atoms with Gasteiger partial charge in [0.15, 0.2) is 0 Å². The van der Waals surface area contributed by atoms with Crippen LogP contribution in [0.3, 0.4) is 0 Å². The van der Waals surface area contributed by atoms with E-state index in [9.17, 15) is 33.3 Å². The lowest BCUT2D eigenvalue weighted by atomic mass is 9.99. The zero-order valence-corrected chi connectivity index (χ0v) is 16.6. The third-order valence-electron chi connectivity index (χ3n) is 2.55. The van der Waals surface area contributed by atoms with Gasteiger partial charge in [-0.05, 0) is 13.8 Å². The molecule has 0 radical (unpaired) electrons. The average molecular weight is 447 g/mol. The lowest BCUT2D eigenvalue weighted by Crippen LogP contribution is -2.36. The maximum absolute atomic E-state index is 12.6. The van der Waals surface area contributed by atoms with E-state index in [-0.39, 0.29) is 18.5 Å². The number of hydrogen-bond acceptors (Lipinski definition) is 5. The number of alkyl halides is 1. The molecule has 0 fully saturated rings. The zero-order chi connectivity index (χ0) is 17.7. The summed E-state index contributed by atoms with van der Waals surface area (Å²) >= 11 is 3.01. The first kappa shape index (κ1) is 22.9. The fourth-order valence-corrected chi connectivity index (χ4v) is 8.75. The molecule has 0 rings (SSSR count). The first-order valence-corrected chi connectivity index (χ1v) is 12.8. The van der Waals surface area contributed by atoms with Crippen molar-refractivity contribution in [3.05, 3.63) is 0 Å². The number of rotatable bonds is 11. The number of halogens is 1. The summed E-state index contributed by atoms with van der Waals surface area (Å²) in [6.45, 7) is 3.18. The molecular formula is C9H22BrO9P3. The lowest BCUT2D eigenvalue weighted by molar-refractivity contribution is 0.210. The summed E-state index contributed by atoms with van der Waals surface area (Å²) in [4.78, 5) is 36.8. The SMILES string of the molecule is CCOP(=O)(CC(CBr)(CP(=O)(O)O)CP(=O)(O)O)OCC. The van der Waals surface area contributed by atoms with E-state index in [0.29, 0.717) is 0 Å². The minimum absolute atomic E-state index is 0.0292. The van der Waals surface area contributed by atoms with E-state index in [0.717, 1.165) is 0 Å². The van der Waals surface area contributed by atoms with E-state index < -0.39 is 46.7 Å². The smallest absolute Gasteiger partial charge is 0.324 e. The third kappa shape index (κ3) is 9.28. The van der Waals surface area contributed by atoms with E-state index in [1.807, 2.05) is 0 Å². The van der Waals surface area contributed by atoms with Gasteiger partial charge in [-0.25, -0.2) is 0 Å². The minimum Gasteiger partial charge on any atom is -0.324 e. The van der Waals surface area contributed by atoms with Crippen LogP contribution < -0.4 is 0 Å². The zero-order valence-electron chi connectivity index (χ0n) is 12.3. The van der Waals surface area contributed by atoms with E-state index in [4.69, 9.17) is 9.05 Å². The van der Waals surface area contributed by atoms with Gasteiger partial charge in [0.2, 0.25) is 0 Å². The van der Waals surface area contributed by atoms with Gasteiger partial charge in [0.05, 0.1) is 31.7 Å². The molecule has 0 aliphatic rings. The van der Waals surface area contributed by atoms with Crippen LogP contribution in [0.1, 0.15) is 13.8 Å². The van der Waals surface area contributed by atoms with Crippen LogP contribution in [0.4, 0.5) is 0 Å². The molecule has 0 saturated heterocycles. The third-order valence-corrected chi connectivity index (χ3v) is 8.26. The Morgan fingerprint density at radius 1 is 0.864 bits per heavy atom. The Hall–Kier alpha value is 0.930. The largest absolute Gasteiger partial charge is 0.331 e. The molecule has 0 aromatic carbocycles. The predicted octanol–water partition coefficient (Wildman–Crippen LogP) is 1.99. The van der Waals surface area contributed by atoms with Crippen molar-refractivity contribution >= 4 is 38.7 Å². The van der Waals surface area contributed by atoms with Crippen LogP contribution in [0, 0.1) is 5.41 Å². The molecule has 22 heavy (non-hydrogen) atoms. The normalized spacial score (nSPS) is 14.3. The summed E-state index contributed by atoms with van der Waals surface area (Å²) < 4.78 is 45.4. The Morgan fingerprint density at radius 3 is 1.45 bits per heavy atom. The van der Waals surface area contributed by atoms with Crippen molar-refractivity contribution in [1.82, 2.24) is 0 Å². The Bertz CT molecular complexity index is 451. The summed E-state index contributed by atoms with van der Waals surface area (Å²) in [6.07, 6.45) is -2.20. The standard InChI is InChI=1S/C9H22BrO9P3/c1-3-18-22(17,19-4-2)8-9(5-10,6-20(11,12)13)7-21(14,15)16/h3-8H2,1-2H3,(H2,11,12,13)(H2,14,15,16). The first-order valence-electron chi connectivity index (χ1n) is 6.33. The maximum Gasteiger partial charge on any atom is 0.331 e. The molecule has 0 aromatic heterocycles. The molecule has 0 aliphatic heterocycles. The highest BCUT2D eigenvalue weighted by Gasteiger charge is 2.47. The molecule has 0 atom stereocenters. The van der Waals surface area contributed by atoms with Gasteiger partial charge in [0.25, 0.3) is 0 Å². The molecule has 0 amide bonds. The van der Waals surface area contributed by atoms with Crippen LogP contribution in [-0.4, -0.2) is 56.6 Å². The van der Waals surface area contributed by atoms with Crippen LogP contribution in [-0.2, 0) is 22.7 Å². The Kier molecular flexibility index (Phi) is 9.23. The van der Waals surface area contributed by atoms with Gasteiger partial charge in [-0.15, -0.1) is 0 Å². The highest BCUT2D eigenvalue weighted by Crippen LogP contribution is 2.59. The van der Waals surface area contributed by atoms with Crippen LogP contribution in [0.25, 0.3) is 0 Å². The summed E-state index contributed by atoms with van der Waals surface area (Å²) in [6, 6.07) is 0. The molecule has 9 nitrogen and oxygen atoms in total. The van der Waals surface area contributed by atoms with Crippen molar-refractivity contribution in [2.24, 2.45) is 5.41 Å². The second-order valence-electron chi connectivity index (χ2n) is 4.88. The summed E-state index contributed by atoms with van der Waals surface area (Å²) in [5, 5.41) is -0.180. The lowest BCUT2D eigenvalue weighted by Gasteiger charge is -2.34. The Labute approximate surface area is 137 Å². The van der Waals surface area contributed by atoms with E-state index >= 15 is 0 Å². The van der Waals surface area contributed by atoms with Gasteiger partial charge >= 0.3 is 22.8 Å². The second kappa shape index (κ2) is 8.86. The van der Waals surface area contributed by atoms with Crippen LogP contribution in [0.5, 0.6) is 0 Å². The van der Waals surface area contributed by atoms with Crippen molar-refractivity contribution in [2.75, 3.05) is 37.0 Å². The van der Waals surface area contributed by atoms with Crippen molar-refractivity contribution in [2.45, 2.75) is 13.8 Å². The fraction of sp³-hybridized carbons (Fsp3) is 1.00. The molecule has 134 valence electrons. The van der Waals surface area contributed by atoms with Crippen molar-refractivity contribution in [3.63, 3.8) is 0 Å². The summed E-state index contributed by atoms with van der Waals surface area (Å²) in [5.41, 5.74) is -1.63. The monoisotopic (exact) mass is 446 g/mol. The molecular weight excluding hydrogens is 425 g/mol. The van der Waals surface area contributed by atoms with Gasteiger partial charge in [0.1, 0.15) is 0 Å². The molecule has 0 heterocycles. The average Bonchev–Trinajstić information content (AvgIpc) is 2.24. The van der Waals surface area contributed by atoms with Gasteiger partial charge in [-0.3, -0.25) is 13.7 Å². The maximum atomic E-state index is 12.6. The molecule has 0 bridgehead atoms. The summed E-state index contributed by atoms with van der Waals surface area (Å²) in [7, 11) is -13.0. The van der Waals surface area contributed by atoms with Crippen LogP contribution in [0.15, 0.2) is 0 Å². The molecule has 0 aliphatic carbocycles. The van der Waals surface area contributed by atoms with Crippen molar-refractivity contribution < 1.29 is 42.3 Å². The summed E-state index contributed by atoms with van der Waals surface area (Å²) in [5.74, 6) is 0. The van der Waals surface area contributed by atoms with Crippen molar-refractivity contribution in [3.8, 4) is 0 Å². The highest BCUT2D eigenvalue weighted by atomic mass is 79.9. The van der Waals surface area contributed by atoms with E-state index in [2.05, 4.69) is 15.9 Å². The topological polar surface area (TPSA) is 151 Å². The van der Waals surface area contributed by atoms with Gasteiger partial charge < -0.3 is 28.6 Å². The quantitative estimate of drug-likeness (QED) is 0.275. The Balaban J connectivity index is 5.67. The van der Waals surface area contributed by atoms with Gasteiger partial charge in [0, 0.05) is 10.7 Å². The Morgan fingerprint density at radius 2 is 1.23 bits per heavy atom. The van der Waals surface area contributed by atoms with Crippen molar-refractivity contribution in [1.29, 1.82) is 0 Å². The van der Waals surface area contributed by atoms with Gasteiger partial charge in [-0.1, -0.05) is 15.9 Å². The van der Waals surface area contributed by atoms with E-state index in [1.165, 1.54) is 0 Å². The van der Waals surface area contributed by atoms with Crippen LogP contribution >= 0.6 is 38.7 Å². The molecule has 0 spiro atoms. The highest BCUT2D eigenvalue weighted by molar-refractivity contribution is 9.09. The predicted molar refractivity (Wildman–Crippen MR) is 85.8 cm³/mol. The molecule has 0 saturated carbocycles. The second-order valence-corrected chi connectivity index (χ2v) is 10.8. The van der Waals surface area contributed by atoms with Gasteiger partial charge in [-0.2, -0.15) is 0 Å². The van der Waals surface area contributed by atoms with Crippen LogP contribution in [0.2, 0.25) is 0 Å². The molecule has 0 unspecified atom stereocenters. The molecule has 4 N–H and O–H groups in total. The van der Waals surface area contributed by atoms with E-state index in [1.54, 1.807) is 13.8 Å². The minimum atomic E-state index is -4.62. The fourth-order valence-electron chi connectivity index (χ4n) is 2.08. The molecule has 0 aromatic rings.